The van der Waals surface area contributed by atoms with Crippen LogP contribution in [-0.4, -0.2) is 16.6 Å². The minimum Gasteiger partial charge on any atom is -0.335 e. The van der Waals surface area contributed by atoms with Gasteiger partial charge in [0.15, 0.2) is 0 Å². The first-order chi connectivity index (χ1) is 9.15. The number of aryl methyl sites for hydroxylation is 1. The molecule has 1 unspecified atom stereocenters. The molecule has 0 saturated carbocycles. The monoisotopic (exact) mass is 325 g/mol. The van der Waals surface area contributed by atoms with Gasteiger partial charge in [-0.3, -0.25) is 0 Å². The van der Waals surface area contributed by atoms with Gasteiger partial charge in [0.05, 0.1) is 4.47 Å². The summed E-state index contributed by atoms with van der Waals surface area (Å²) in [5, 5.41) is 3.22. The van der Waals surface area contributed by atoms with Gasteiger partial charge in [-0.2, -0.15) is 0 Å². The van der Waals surface area contributed by atoms with Gasteiger partial charge in [0.2, 0.25) is 0 Å². The van der Waals surface area contributed by atoms with E-state index in [4.69, 9.17) is 0 Å². The maximum absolute atomic E-state index is 13.6. The molecule has 0 fully saturated rings. The Hall–Kier alpha value is -1.20. The van der Waals surface area contributed by atoms with Crippen molar-refractivity contribution < 1.29 is 4.39 Å². The van der Waals surface area contributed by atoms with Gasteiger partial charge >= 0.3 is 0 Å². The Balaban J connectivity index is 2.22. The summed E-state index contributed by atoms with van der Waals surface area (Å²) in [6.45, 7) is 2.97. The van der Waals surface area contributed by atoms with Crippen LogP contribution in [0.4, 0.5) is 4.39 Å². The van der Waals surface area contributed by atoms with E-state index in [1.165, 1.54) is 0 Å². The lowest BCUT2D eigenvalue weighted by molar-refractivity contribution is 0.545. The highest BCUT2D eigenvalue weighted by Gasteiger charge is 2.14. The van der Waals surface area contributed by atoms with Crippen LogP contribution in [0.3, 0.4) is 0 Å². The lowest BCUT2D eigenvalue weighted by Crippen LogP contribution is -2.21. The zero-order chi connectivity index (χ0) is 13.8. The molecule has 0 bridgehead atoms. The van der Waals surface area contributed by atoms with Crippen LogP contribution >= 0.6 is 15.9 Å². The summed E-state index contributed by atoms with van der Waals surface area (Å²) in [6.07, 6.45) is 4.50. The first-order valence-electron chi connectivity index (χ1n) is 6.28. The summed E-state index contributed by atoms with van der Waals surface area (Å²) in [4.78, 5) is 4.36. The maximum Gasteiger partial charge on any atom is 0.137 e. The van der Waals surface area contributed by atoms with Gasteiger partial charge in [-0.25, -0.2) is 9.37 Å². The molecule has 0 aliphatic rings. The summed E-state index contributed by atoms with van der Waals surface area (Å²) >= 11 is 3.17. The molecule has 19 heavy (non-hydrogen) atoms. The molecule has 0 radical (unpaired) electrons. The van der Waals surface area contributed by atoms with E-state index in [2.05, 4.69) is 37.7 Å². The molecule has 1 atom stereocenters. The molecule has 1 aromatic carbocycles. The molecule has 0 aliphatic heterocycles. The predicted octanol–water partition coefficient (Wildman–Crippen LogP) is 3.31. The normalized spacial score (nSPS) is 12.6. The minimum absolute atomic E-state index is 0.0512. The van der Waals surface area contributed by atoms with E-state index in [0.29, 0.717) is 4.47 Å². The molecule has 0 aliphatic carbocycles. The third-order valence-corrected chi connectivity index (χ3v) is 3.87. The van der Waals surface area contributed by atoms with Gasteiger partial charge in [0.25, 0.3) is 0 Å². The number of nitrogens with one attached hydrogen (secondary N) is 1. The largest absolute Gasteiger partial charge is 0.335 e. The SMILES string of the molecule is CCn1ccnc1CC(NC)c1ccc(Br)c(F)c1. The van der Waals surface area contributed by atoms with Gasteiger partial charge < -0.3 is 9.88 Å². The van der Waals surface area contributed by atoms with Crippen LogP contribution in [0.2, 0.25) is 0 Å². The van der Waals surface area contributed by atoms with E-state index in [-0.39, 0.29) is 11.9 Å². The number of hydrogen-bond acceptors (Lipinski definition) is 2. The van der Waals surface area contributed by atoms with Crippen molar-refractivity contribution in [1.82, 2.24) is 14.9 Å². The second-order valence-electron chi connectivity index (χ2n) is 4.35. The molecular formula is C14H17BrFN3. The number of imidazole rings is 1. The first kappa shape index (κ1) is 14.2. The summed E-state index contributed by atoms with van der Waals surface area (Å²) in [5.74, 6) is 0.766. The van der Waals surface area contributed by atoms with Crippen LogP contribution in [0.15, 0.2) is 35.1 Å². The summed E-state index contributed by atoms with van der Waals surface area (Å²) in [6, 6.07) is 5.27. The highest BCUT2D eigenvalue weighted by molar-refractivity contribution is 9.10. The quantitative estimate of drug-likeness (QED) is 0.914. The van der Waals surface area contributed by atoms with Crippen molar-refractivity contribution in [2.24, 2.45) is 0 Å². The number of halogens is 2. The van der Waals surface area contributed by atoms with Crippen LogP contribution in [0.5, 0.6) is 0 Å². The number of aromatic nitrogens is 2. The van der Waals surface area contributed by atoms with E-state index in [0.717, 1.165) is 24.4 Å². The van der Waals surface area contributed by atoms with Crippen molar-refractivity contribution in [2.75, 3.05) is 7.05 Å². The highest BCUT2D eigenvalue weighted by Crippen LogP contribution is 2.22. The molecule has 0 saturated heterocycles. The lowest BCUT2D eigenvalue weighted by atomic mass is 10.0. The average molecular weight is 326 g/mol. The number of hydrogen-bond donors (Lipinski definition) is 1. The van der Waals surface area contributed by atoms with Crippen LogP contribution in [0.1, 0.15) is 24.4 Å². The Morgan fingerprint density at radius 3 is 2.89 bits per heavy atom. The van der Waals surface area contributed by atoms with Crippen LogP contribution in [-0.2, 0) is 13.0 Å². The Morgan fingerprint density at radius 1 is 1.47 bits per heavy atom. The van der Waals surface area contributed by atoms with Crippen molar-refractivity contribution >= 4 is 15.9 Å². The van der Waals surface area contributed by atoms with Crippen molar-refractivity contribution in [2.45, 2.75) is 25.9 Å². The van der Waals surface area contributed by atoms with E-state index < -0.39 is 0 Å². The van der Waals surface area contributed by atoms with E-state index in [1.807, 2.05) is 19.3 Å². The third-order valence-electron chi connectivity index (χ3n) is 3.22. The maximum atomic E-state index is 13.6. The van der Waals surface area contributed by atoms with Crippen molar-refractivity contribution in [3.05, 3.63) is 52.3 Å². The molecule has 5 heteroatoms. The molecule has 0 spiro atoms. The fourth-order valence-electron chi connectivity index (χ4n) is 2.12. The van der Waals surface area contributed by atoms with E-state index in [9.17, 15) is 4.39 Å². The highest BCUT2D eigenvalue weighted by atomic mass is 79.9. The molecule has 1 aromatic heterocycles. The lowest BCUT2D eigenvalue weighted by Gasteiger charge is -2.17. The fraction of sp³-hybridized carbons (Fsp3) is 0.357. The fourth-order valence-corrected chi connectivity index (χ4v) is 2.36. The zero-order valence-electron chi connectivity index (χ0n) is 11.0. The van der Waals surface area contributed by atoms with Gasteiger partial charge in [-0.05, 0) is 47.6 Å². The van der Waals surface area contributed by atoms with Crippen LogP contribution in [0.25, 0.3) is 0 Å². The Morgan fingerprint density at radius 2 is 2.26 bits per heavy atom. The third kappa shape index (κ3) is 3.22. The number of likely N-dealkylation sites (N-methyl/N-ethyl adjacent to an activating group) is 1. The van der Waals surface area contributed by atoms with Gasteiger partial charge in [0.1, 0.15) is 11.6 Å². The van der Waals surface area contributed by atoms with Crippen LogP contribution in [0, 0.1) is 5.82 Å². The summed E-state index contributed by atoms with van der Waals surface area (Å²) in [5.41, 5.74) is 0.925. The van der Waals surface area contributed by atoms with E-state index in [1.54, 1.807) is 18.3 Å². The Labute approximate surface area is 121 Å². The Kier molecular flexibility index (Phi) is 4.71. The second-order valence-corrected chi connectivity index (χ2v) is 5.20. The smallest absolute Gasteiger partial charge is 0.137 e. The Bertz CT molecular complexity index is 553. The average Bonchev–Trinajstić information content (AvgIpc) is 2.86. The van der Waals surface area contributed by atoms with Gasteiger partial charge in [-0.1, -0.05) is 6.07 Å². The number of nitrogens with zero attached hydrogens (tertiary/aromatic N) is 2. The molecule has 1 N–H and O–H groups in total. The van der Waals surface area contributed by atoms with Gasteiger partial charge in [-0.15, -0.1) is 0 Å². The standard InChI is InChI=1S/C14H17BrFN3/c1-3-19-7-6-18-14(19)9-13(17-2)10-4-5-11(15)12(16)8-10/h4-8,13,17H,3,9H2,1-2H3. The molecule has 2 rings (SSSR count). The topological polar surface area (TPSA) is 29.9 Å². The first-order valence-corrected chi connectivity index (χ1v) is 7.07. The molecule has 1 heterocycles. The summed E-state index contributed by atoms with van der Waals surface area (Å²) < 4.78 is 16.2. The summed E-state index contributed by atoms with van der Waals surface area (Å²) in [7, 11) is 1.88. The zero-order valence-corrected chi connectivity index (χ0v) is 12.6. The van der Waals surface area contributed by atoms with Crippen LogP contribution < -0.4 is 5.32 Å². The molecule has 2 aromatic rings. The van der Waals surface area contributed by atoms with Crippen molar-refractivity contribution in [3.8, 4) is 0 Å². The molecule has 102 valence electrons. The van der Waals surface area contributed by atoms with E-state index >= 15 is 0 Å². The number of benzene rings is 1. The predicted molar refractivity (Wildman–Crippen MR) is 77.5 cm³/mol. The molecule has 3 nitrogen and oxygen atoms in total. The molecule has 0 amide bonds. The minimum atomic E-state index is -0.239. The second kappa shape index (κ2) is 6.30. The molecular weight excluding hydrogens is 309 g/mol. The van der Waals surface area contributed by atoms with Crippen molar-refractivity contribution in [3.63, 3.8) is 0 Å². The van der Waals surface area contributed by atoms with Crippen molar-refractivity contribution in [1.29, 1.82) is 0 Å². The number of rotatable bonds is 5. The van der Waals surface area contributed by atoms with Gasteiger partial charge in [0, 0.05) is 31.4 Å².